The minimum atomic E-state index is -0.467. The molecule has 0 atom stereocenters. The molecule has 90 valence electrons. The van der Waals surface area contributed by atoms with Crippen LogP contribution in [0.2, 0.25) is 0 Å². The maximum Gasteiger partial charge on any atom is 0.325 e. The van der Waals surface area contributed by atoms with E-state index in [1.165, 1.54) is 13.1 Å². The lowest BCUT2D eigenvalue weighted by molar-refractivity contribution is -0.140. The minimum absolute atomic E-state index is 0.193. The smallest absolute Gasteiger partial charge is 0.325 e. The molecule has 2 N–H and O–H groups in total. The molecule has 0 spiro atoms. The predicted molar refractivity (Wildman–Crippen MR) is 59.3 cm³/mol. The standard InChI is InChI=1S/C5H6N2O2.C5H10O2/c1-3-2-6-5(9)7-4(3)8;1-3-4-7-5(2)6/h2H,1H3,(H2,6,7,8,9);3-4H2,1-2H3. The van der Waals surface area contributed by atoms with Crippen LogP contribution in [0.3, 0.4) is 0 Å². The lowest BCUT2D eigenvalue weighted by Crippen LogP contribution is -2.22. The second kappa shape index (κ2) is 7.44. The molecule has 6 heteroatoms. The molecule has 0 bridgehead atoms. The van der Waals surface area contributed by atoms with Crippen molar-refractivity contribution in [1.29, 1.82) is 0 Å². The van der Waals surface area contributed by atoms with Crippen LogP contribution in [0.1, 0.15) is 25.8 Å². The van der Waals surface area contributed by atoms with E-state index in [9.17, 15) is 14.4 Å². The predicted octanol–water partition coefficient (Wildman–Crippen LogP) is 0.331. The second-order valence-corrected chi connectivity index (χ2v) is 3.09. The Morgan fingerprint density at radius 1 is 1.44 bits per heavy atom. The number of carbonyl (C=O) groups is 1. The van der Waals surface area contributed by atoms with Crippen LogP contribution >= 0.6 is 0 Å². The van der Waals surface area contributed by atoms with Gasteiger partial charge in [0.1, 0.15) is 0 Å². The van der Waals surface area contributed by atoms with Gasteiger partial charge in [-0.25, -0.2) is 4.79 Å². The molecule has 0 aliphatic rings. The highest BCUT2D eigenvalue weighted by atomic mass is 16.5. The normalized spacial score (nSPS) is 8.94. The third kappa shape index (κ3) is 6.58. The van der Waals surface area contributed by atoms with Crippen molar-refractivity contribution in [3.63, 3.8) is 0 Å². The van der Waals surface area contributed by atoms with Crippen molar-refractivity contribution in [2.45, 2.75) is 27.2 Å². The van der Waals surface area contributed by atoms with E-state index in [1.54, 1.807) is 6.92 Å². The van der Waals surface area contributed by atoms with Crippen molar-refractivity contribution in [2.24, 2.45) is 0 Å². The van der Waals surface area contributed by atoms with Crippen LogP contribution in [-0.4, -0.2) is 22.5 Å². The molecule has 0 aliphatic heterocycles. The molecule has 1 aromatic rings. The van der Waals surface area contributed by atoms with Gasteiger partial charge in [-0.3, -0.25) is 14.6 Å². The summed E-state index contributed by atoms with van der Waals surface area (Å²) in [5.74, 6) is -0.193. The van der Waals surface area contributed by atoms with Crippen LogP contribution < -0.4 is 11.2 Å². The number of H-pyrrole nitrogens is 2. The van der Waals surface area contributed by atoms with Crippen molar-refractivity contribution < 1.29 is 9.53 Å². The Morgan fingerprint density at radius 3 is 2.38 bits per heavy atom. The average molecular weight is 228 g/mol. The summed E-state index contributed by atoms with van der Waals surface area (Å²) < 4.78 is 4.55. The highest BCUT2D eigenvalue weighted by molar-refractivity contribution is 5.65. The van der Waals surface area contributed by atoms with Crippen LogP contribution in [0, 0.1) is 6.92 Å². The highest BCUT2D eigenvalue weighted by Crippen LogP contribution is 1.78. The summed E-state index contributed by atoms with van der Waals surface area (Å²) in [5.41, 5.74) is -0.293. The molecule has 0 aliphatic carbocycles. The Hall–Kier alpha value is -1.85. The zero-order valence-electron chi connectivity index (χ0n) is 9.62. The van der Waals surface area contributed by atoms with Gasteiger partial charge in [-0.1, -0.05) is 6.92 Å². The van der Waals surface area contributed by atoms with Gasteiger partial charge in [-0.05, 0) is 13.3 Å². The molecule has 1 aromatic heterocycles. The first-order chi connectivity index (χ1) is 7.47. The summed E-state index contributed by atoms with van der Waals surface area (Å²) >= 11 is 0. The fourth-order valence-corrected chi connectivity index (χ4v) is 0.723. The Labute approximate surface area is 92.7 Å². The van der Waals surface area contributed by atoms with Gasteiger partial charge >= 0.3 is 11.7 Å². The van der Waals surface area contributed by atoms with Crippen LogP contribution in [0.25, 0.3) is 0 Å². The van der Waals surface area contributed by atoms with Crippen LogP contribution in [0.15, 0.2) is 15.8 Å². The van der Waals surface area contributed by atoms with Crippen molar-refractivity contribution in [3.05, 3.63) is 32.6 Å². The fraction of sp³-hybridized carbons (Fsp3) is 0.500. The molecular formula is C10H16N2O4. The number of rotatable bonds is 2. The highest BCUT2D eigenvalue weighted by Gasteiger charge is 1.88. The van der Waals surface area contributed by atoms with Gasteiger partial charge in [-0.2, -0.15) is 0 Å². The van der Waals surface area contributed by atoms with Gasteiger partial charge in [0.25, 0.3) is 5.56 Å². The van der Waals surface area contributed by atoms with Gasteiger partial charge in [-0.15, -0.1) is 0 Å². The quantitative estimate of drug-likeness (QED) is 0.713. The van der Waals surface area contributed by atoms with E-state index in [1.807, 2.05) is 6.92 Å². The zero-order valence-corrected chi connectivity index (χ0v) is 9.62. The van der Waals surface area contributed by atoms with E-state index in [0.717, 1.165) is 6.42 Å². The van der Waals surface area contributed by atoms with Gasteiger partial charge in [0.05, 0.1) is 6.61 Å². The number of carbonyl (C=O) groups excluding carboxylic acids is 1. The molecule has 0 amide bonds. The summed E-state index contributed by atoms with van der Waals surface area (Å²) in [7, 11) is 0. The Balaban J connectivity index is 0.000000293. The Morgan fingerprint density at radius 2 is 2.06 bits per heavy atom. The fourth-order valence-electron chi connectivity index (χ4n) is 0.723. The number of nitrogens with one attached hydrogen (secondary N) is 2. The Bertz CT molecular complexity index is 433. The van der Waals surface area contributed by atoms with E-state index in [-0.39, 0.29) is 11.5 Å². The van der Waals surface area contributed by atoms with E-state index in [0.29, 0.717) is 12.2 Å². The van der Waals surface area contributed by atoms with E-state index < -0.39 is 5.69 Å². The molecule has 0 saturated carbocycles. The second-order valence-electron chi connectivity index (χ2n) is 3.09. The number of esters is 1. The van der Waals surface area contributed by atoms with E-state index in [2.05, 4.69) is 14.7 Å². The van der Waals surface area contributed by atoms with Gasteiger partial charge in [0.2, 0.25) is 0 Å². The molecule has 0 unspecified atom stereocenters. The molecule has 0 radical (unpaired) electrons. The van der Waals surface area contributed by atoms with Gasteiger partial charge < -0.3 is 9.72 Å². The van der Waals surface area contributed by atoms with Gasteiger partial charge in [0, 0.05) is 18.7 Å². The minimum Gasteiger partial charge on any atom is -0.466 e. The average Bonchev–Trinajstić information content (AvgIpc) is 2.22. The maximum absolute atomic E-state index is 10.6. The number of ether oxygens (including phenoxy) is 1. The van der Waals surface area contributed by atoms with E-state index >= 15 is 0 Å². The number of aryl methyl sites for hydroxylation is 1. The summed E-state index contributed by atoms with van der Waals surface area (Å²) in [5, 5.41) is 0. The van der Waals surface area contributed by atoms with Crippen LogP contribution in [0.5, 0.6) is 0 Å². The SMILES string of the molecule is CCCOC(C)=O.Cc1c[nH]c(=O)[nH]c1=O. The molecular weight excluding hydrogens is 212 g/mol. The topological polar surface area (TPSA) is 92.0 Å². The van der Waals surface area contributed by atoms with E-state index in [4.69, 9.17) is 0 Å². The molecule has 0 fully saturated rings. The summed E-state index contributed by atoms with van der Waals surface area (Å²) in [6.07, 6.45) is 2.28. The zero-order chi connectivity index (χ0) is 12.6. The first-order valence-corrected chi connectivity index (χ1v) is 4.89. The summed E-state index contributed by atoms with van der Waals surface area (Å²) in [6, 6.07) is 0. The van der Waals surface area contributed by atoms with Crippen molar-refractivity contribution in [3.8, 4) is 0 Å². The van der Waals surface area contributed by atoms with Crippen LogP contribution in [0.4, 0.5) is 0 Å². The first kappa shape index (κ1) is 14.2. The molecule has 1 heterocycles. The molecule has 16 heavy (non-hydrogen) atoms. The molecule has 1 rings (SSSR count). The maximum atomic E-state index is 10.6. The summed E-state index contributed by atoms with van der Waals surface area (Å²) in [6.45, 7) is 5.54. The largest absolute Gasteiger partial charge is 0.466 e. The number of hydrogen-bond donors (Lipinski definition) is 2. The number of aromatic nitrogens is 2. The molecule has 0 saturated heterocycles. The third-order valence-corrected chi connectivity index (χ3v) is 1.51. The van der Waals surface area contributed by atoms with Crippen molar-refractivity contribution >= 4 is 5.97 Å². The lowest BCUT2D eigenvalue weighted by Gasteiger charge is -1.93. The number of hydrogen-bond acceptors (Lipinski definition) is 4. The first-order valence-electron chi connectivity index (χ1n) is 4.89. The van der Waals surface area contributed by atoms with Crippen LogP contribution in [-0.2, 0) is 9.53 Å². The molecule has 0 aromatic carbocycles. The van der Waals surface area contributed by atoms with Crippen molar-refractivity contribution in [1.82, 2.24) is 9.97 Å². The third-order valence-electron chi connectivity index (χ3n) is 1.51. The van der Waals surface area contributed by atoms with Crippen molar-refractivity contribution in [2.75, 3.05) is 6.61 Å². The van der Waals surface area contributed by atoms with Gasteiger partial charge in [0.15, 0.2) is 0 Å². The lowest BCUT2D eigenvalue weighted by atomic mass is 10.4. The Kier molecular flexibility index (Phi) is 6.58. The summed E-state index contributed by atoms with van der Waals surface area (Å²) in [4.78, 5) is 35.3. The number of aromatic amines is 2. The monoisotopic (exact) mass is 228 g/mol. The molecule has 6 nitrogen and oxygen atoms in total.